The number of hydrogen-bond acceptors (Lipinski definition) is 5. The number of carbonyl (C=O) groups excluding carboxylic acids is 1. The van der Waals surface area contributed by atoms with E-state index in [1.807, 2.05) is 6.92 Å². The number of ether oxygens (including phenoxy) is 1. The SMILES string of the molecule is CCC(CCCCC(CC)(CC)CC)OC(=O)c1ccc(C(=O)O)c(C(=O)O)c1C(=O)O. The number of carboxylic acid groups (broad SMARTS) is 3. The standard InChI is InChI=1S/C24H34O8/c1-5-15(11-9-10-14-24(6-2,7-3)8-4)32-23(31)17-13-12-16(20(25)26)18(21(27)28)19(17)22(29)30/h12-13,15H,5-11,14H2,1-4H3,(H,25,26)(H,27,28)(H,29,30). The van der Waals surface area contributed by atoms with Gasteiger partial charge in [0.05, 0.1) is 22.3 Å². The lowest BCUT2D eigenvalue weighted by Crippen LogP contribution is -2.23. The van der Waals surface area contributed by atoms with Crippen LogP contribution in [0.5, 0.6) is 0 Å². The van der Waals surface area contributed by atoms with Crippen LogP contribution >= 0.6 is 0 Å². The van der Waals surface area contributed by atoms with E-state index in [2.05, 4.69) is 20.8 Å². The highest BCUT2D eigenvalue weighted by molar-refractivity contribution is 6.14. The van der Waals surface area contributed by atoms with Crippen molar-refractivity contribution in [3.05, 3.63) is 34.4 Å². The lowest BCUT2D eigenvalue weighted by atomic mass is 9.75. The molecule has 0 heterocycles. The summed E-state index contributed by atoms with van der Waals surface area (Å²) in [5.41, 5.74) is -2.67. The van der Waals surface area contributed by atoms with Gasteiger partial charge in [-0.05, 0) is 43.2 Å². The second-order valence-electron chi connectivity index (χ2n) is 8.07. The molecule has 0 fully saturated rings. The van der Waals surface area contributed by atoms with Gasteiger partial charge in [-0.25, -0.2) is 19.2 Å². The van der Waals surface area contributed by atoms with Gasteiger partial charge in [0.2, 0.25) is 0 Å². The smallest absolute Gasteiger partial charge is 0.339 e. The number of rotatable bonds is 14. The molecule has 0 saturated heterocycles. The second kappa shape index (κ2) is 12.2. The molecule has 178 valence electrons. The predicted molar refractivity (Wildman–Crippen MR) is 119 cm³/mol. The van der Waals surface area contributed by atoms with Gasteiger partial charge in [0.25, 0.3) is 0 Å². The lowest BCUT2D eigenvalue weighted by molar-refractivity contribution is 0.0258. The van der Waals surface area contributed by atoms with E-state index in [1.165, 1.54) is 0 Å². The minimum atomic E-state index is -1.74. The van der Waals surface area contributed by atoms with Crippen LogP contribution in [-0.2, 0) is 4.74 Å². The van der Waals surface area contributed by atoms with Gasteiger partial charge in [0, 0.05) is 0 Å². The van der Waals surface area contributed by atoms with E-state index in [1.54, 1.807) is 0 Å². The van der Waals surface area contributed by atoms with E-state index in [-0.39, 0.29) is 0 Å². The fourth-order valence-corrected chi connectivity index (χ4v) is 4.11. The number of benzene rings is 1. The Morgan fingerprint density at radius 3 is 1.75 bits per heavy atom. The van der Waals surface area contributed by atoms with E-state index in [0.29, 0.717) is 18.3 Å². The number of hydrogen-bond donors (Lipinski definition) is 3. The maximum atomic E-state index is 12.7. The van der Waals surface area contributed by atoms with Crippen LogP contribution in [0.3, 0.4) is 0 Å². The molecule has 1 aromatic rings. The number of unbranched alkanes of at least 4 members (excludes halogenated alkanes) is 1. The summed E-state index contributed by atoms with van der Waals surface area (Å²) in [6.07, 6.45) is 6.94. The molecule has 0 amide bonds. The van der Waals surface area contributed by atoms with Gasteiger partial charge in [-0.2, -0.15) is 0 Å². The summed E-state index contributed by atoms with van der Waals surface area (Å²) >= 11 is 0. The molecule has 0 bridgehead atoms. The van der Waals surface area contributed by atoms with Crippen molar-refractivity contribution in [1.82, 2.24) is 0 Å². The van der Waals surface area contributed by atoms with E-state index < -0.39 is 52.2 Å². The molecule has 0 aliphatic rings. The van der Waals surface area contributed by atoms with E-state index in [0.717, 1.165) is 50.7 Å². The molecule has 1 rings (SSSR count). The summed E-state index contributed by atoms with van der Waals surface area (Å²) in [4.78, 5) is 47.3. The molecule has 0 aromatic heterocycles. The summed E-state index contributed by atoms with van der Waals surface area (Å²) in [6.45, 7) is 8.45. The van der Waals surface area contributed by atoms with Crippen LogP contribution in [0.1, 0.15) is 120 Å². The van der Waals surface area contributed by atoms with Crippen molar-refractivity contribution in [2.45, 2.75) is 85.2 Å². The molecule has 0 saturated carbocycles. The van der Waals surface area contributed by atoms with E-state index in [4.69, 9.17) is 4.74 Å². The van der Waals surface area contributed by atoms with Gasteiger partial charge in [0.1, 0.15) is 6.10 Å². The third kappa shape index (κ3) is 6.55. The molecule has 0 spiro atoms. The molecular formula is C24H34O8. The normalized spacial score (nSPS) is 12.2. The molecule has 0 aliphatic carbocycles. The Hall–Kier alpha value is -2.90. The highest BCUT2D eigenvalue weighted by Crippen LogP contribution is 2.36. The molecule has 1 unspecified atom stereocenters. The summed E-state index contributed by atoms with van der Waals surface area (Å²) in [6, 6.07) is 1.90. The molecule has 1 atom stereocenters. The van der Waals surface area contributed by atoms with E-state index in [9.17, 15) is 34.5 Å². The van der Waals surface area contributed by atoms with Crippen molar-refractivity contribution in [2.75, 3.05) is 0 Å². The minimum Gasteiger partial charge on any atom is -0.478 e. The zero-order chi connectivity index (χ0) is 24.5. The topological polar surface area (TPSA) is 138 Å². The fourth-order valence-electron chi connectivity index (χ4n) is 4.11. The zero-order valence-electron chi connectivity index (χ0n) is 19.3. The van der Waals surface area contributed by atoms with Gasteiger partial charge >= 0.3 is 23.9 Å². The molecular weight excluding hydrogens is 416 g/mol. The Bertz CT molecular complexity index is 830. The van der Waals surface area contributed by atoms with Crippen molar-refractivity contribution in [2.24, 2.45) is 5.41 Å². The number of carbonyl (C=O) groups is 4. The first kappa shape index (κ1) is 27.1. The summed E-state index contributed by atoms with van der Waals surface area (Å²) in [5.74, 6) is -6.02. The van der Waals surface area contributed by atoms with Crippen LogP contribution in [0.4, 0.5) is 0 Å². The largest absolute Gasteiger partial charge is 0.478 e. The van der Waals surface area contributed by atoms with Gasteiger partial charge < -0.3 is 20.1 Å². The predicted octanol–water partition coefficient (Wildman–Crippen LogP) is 5.49. The van der Waals surface area contributed by atoms with Crippen LogP contribution in [0.15, 0.2) is 12.1 Å². The summed E-state index contributed by atoms with van der Waals surface area (Å²) < 4.78 is 5.48. The molecule has 0 radical (unpaired) electrons. The Labute approximate surface area is 188 Å². The van der Waals surface area contributed by atoms with Crippen LogP contribution in [0.2, 0.25) is 0 Å². The Balaban J connectivity index is 3.00. The quantitative estimate of drug-likeness (QED) is 0.250. The lowest BCUT2D eigenvalue weighted by Gasteiger charge is -2.30. The van der Waals surface area contributed by atoms with Gasteiger partial charge in [-0.3, -0.25) is 0 Å². The number of esters is 1. The average molecular weight is 451 g/mol. The maximum Gasteiger partial charge on any atom is 0.339 e. The first-order valence-corrected chi connectivity index (χ1v) is 11.1. The monoisotopic (exact) mass is 450 g/mol. The Kier molecular flexibility index (Phi) is 10.4. The highest BCUT2D eigenvalue weighted by atomic mass is 16.5. The molecule has 8 heteroatoms. The first-order chi connectivity index (χ1) is 15.1. The highest BCUT2D eigenvalue weighted by Gasteiger charge is 2.31. The van der Waals surface area contributed by atoms with Crippen LogP contribution < -0.4 is 0 Å². The number of carboxylic acids is 3. The molecule has 3 N–H and O–H groups in total. The van der Waals surface area contributed by atoms with Gasteiger partial charge in [-0.15, -0.1) is 0 Å². The molecule has 0 aliphatic heterocycles. The van der Waals surface area contributed by atoms with Crippen LogP contribution in [0, 0.1) is 5.41 Å². The van der Waals surface area contributed by atoms with E-state index >= 15 is 0 Å². The van der Waals surface area contributed by atoms with Gasteiger partial charge in [0.15, 0.2) is 0 Å². The Morgan fingerprint density at radius 1 is 0.812 bits per heavy atom. The minimum absolute atomic E-state index is 0.327. The van der Waals surface area contributed by atoms with Gasteiger partial charge in [-0.1, -0.05) is 53.4 Å². The zero-order valence-corrected chi connectivity index (χ0v) is 19.3. The third-order valence-corrected chi connectivity index (χ3v) is 6.55. The maximum absolute atomic E-state index is 12.7. The van der Waals surface area contributed by atoms with Crippen molar-refractivity contribution in [1.29, 1.82) is 0 Å². The van der Waals surface area contributed by atoms with Crippen molar-refractivity contribution >= 4 is 23.9 Å². The summed E-state index contributed by atoms with van der Waals surface area (Å²) in [5, 5.41) is 28.1. The van der Waals surface area contributed by atoms with Crippen molar-refractivity contribution in [3.8, 4) is 0 Å². The first-order valence-electron chi connectivity index (χ1n) is 11.1. The molecule has 32 heavy (non-hydrogen) atoms. The van der Waals surface area contributed by atoms with Crippen molar-refractivity contribution < 1.29 is 39.2 Å². The van der Waals surface area contributed by atoms with Crippen LogP contribution in [-0.4, -0.2) is 45.3 Å². The number of aromatic carboxylic acids is 3. The average Bonchev–Trinajstić information content (AvgIpc) is 2.77. The fraction of sp³-hybridized carbons (Fsp3) is 0.583. The third-order valence-electron chi connectivity index (χ3n) is 6.55. The Morgan fingerprint density at radius 2 is 1.31 bits per heavy atom. The van der Waals surface area contributed by atoms with Crippen molar-refractivity contribution in [3.63, 3.8) is 0 Å². The molecule has 8 nitrogen and oxygen atoms in total. The summed E-state index contributed by atoms with van der Waals surface area (Å²) in [7, 11) is 0. The second-order valence-corrected chi connectivity index (χ2v) is 8.07. The molecule has 1 aromatic carbocycles. The van der Waals surface area contributed by atoms with Crippen LogP contribution in [0.25, 0.3) is 0 Å².